The van der Waals surface area contributed by atoms with Gasteiger partial charge >= 0.3 is 5.97 Å². The second-order valence-electron chi connectivity index (χ2n) is 9.67. The molecule has 0 saturated heterocycles. The number of nitrogens with two attached hydrogens (primary N) is 3. The first-order valence-corrected chi connectivity index (χ1v) is 12.6. The highest BCUT2D eigenvalue weighted by Crippen LogP contribution is 2.27. The molecule has 0 aliphatic rings. The van der Waals surface area contributed by atoms with Crippen molar-refractivity contribution >= 4 is 51.5 Å². The van der Waals surface area contributed by atoms with Gasteiger partial charge in [0, 0.05) is 47.0 Å². The molecule has 0 aliphatic carbocycles. The van der Waals surface area contributed by atoms with Crippen LogP contribution in [0.1, 0.15) is 53.3 Å². The number of likely N-dealkylation sites (N-methyl/N-ethyl adjacent to an activating group) is 1. The zero-order valence-electron chi connectivity index (χ0n) is 22.4. The first-order valence-electron chi connectivity index (χ1n) is 12.6. The van der Waals surface area contributed by atoms with Crippen molar-refractivity contribution in [1.29, 1.82) is 0 Å². The number of aromatic nitrogens is 2. The number of H-pyrrole nitrogens is 2. The van der Waals surface area contributed by atoms with Gasteiger partial charge in [-0.15, -0.1) is 0 Å². The van der Waals surface area contributed by atoms with Crippen molar-refractivity contribution in [2.24, 2.45) is 22.2 Å². The van der Waals surface area contributed by atoms with Crippen molar-refractivity contribution in [3.05, 3.63) is 70.5 Å². The Labute approximate surface area is 233 Å². The molecule has 0 bridgehead atoms. The zero-order chi connectivity index (χ0) is 29.8. The van der Waals surface area contributed by atoms with Gasteiger partial charge in [-0.2, -0.15) is 0 Å². The maximum absolute atomic E-state index is 12.9. The van der Waals surface area contributed by atoms with E-state index in [1.54, 1.807) is 36.4 Å². The molecule has 0 saturated carbocycles. The van der Waals surface area contributed by atoms with E-state index in [0.29, 0.717) is 46.0 Å². The second-order valence-corrected chi connectivity index (χ2v) is 9.67. The number of aliphatic imine (C=N–C) groups is 1. The summed E-state index contributed by atoms with van der Waals surface area (Å²) < 4.78 is 0. The van der Waals surface area contributed by atoms with Crippen molar-refractivity contribution in [2.45, 2.75) is 6.04 Å². The molecular formula is C27H31N9O5. The fourth-order valence-corrected chi connectivity index (χ4v) is 4.43. The van der Waals surface area contributed by atoms with Crippen LogP contribution in [-0.2, 0) is 0 Å². The number of fused-ring (bicyclic) bond motifs is 2. The van der Waals surface area contributed by atoms with Crippen LogP contribution in [0.5, 0.6) is 0 Å². The van der Waals surface area contributed by atoms with E-state index in [2.05, 4.69) is 25.6 Å². The molecule has 3 amide bonds. The summed E-state index contributed by atoms with van der Waals surface area (Å²) in [6, 6.07) is 10.5. The summed E-state index contributed by atoms with van der Waals surface area (Å²) in [7, 11) is 3.75. The Morgan fingerprint density at radius 2 is 1.71 bits per heavy atom. The van der Waals surface area contributed by atoms with Crippen LogP contribution in [0.3, 0.4) is 0 Å². The number of aromatic amines is 2. The van der Waals surface area contributed by atoms with Gasteiger partial charge in [-0.1, -0.05) is 12.1 Å². The molecule has 11 N–H and O–H groups in total. The molecule has 14 nitrogen and oxygen atoms in total. The molecule has 1 unspecified atom stereocenters. The number of carbonyl (C=O) groups excluding carboxylic acids is 3. The van der Waals surface area contributed by atoms with Crippen LogP contribution >= 0.6 is 0 Å². The van der Waals surface area contributed by atoms with Crippen LogP contribution in [-0.4, -0.2) is 83.4 Å². The monoisotopic (exact) mass is 561 g/mol. The Kier molecular flexibility index (Phi) is 8.24. The van der Waals surface area contributed by atoms with Crippen LogP contribution in [0, 0.1) is 0 Å². The third-order valence-electron chi connectivity index (χ3n) is 6.40. The third-order valence-corrected chi connectivity index (χ3v) is 6.40. The molecule has 4 aromatic rings. The van der Waals surface area contributed by atoms with Gasteiger partial charge in [0.15, 0.2) is 5.96 Å². The van der Waals surface area contributed by atoms with Crippen LogP contribution in [0.25, 0.3) is 21.8 Å². The minimum Gasteiger partial charge on any atom is -0.477 e. The molecule has 0 fully saturated rings. The number of carbonyl (C=O) groups is 4. The number of carboxylic acid groups (broad SMARTS) is 1. The number of aromatic carboxylic acids is 1. The van der Waals surface area contributed by atoms with Crippen LogP contribution in [0.2, 0.25) is 0 Å². The quantitative estimate of drug-likeness (QED) is 0.0944. The largest absolute Gasteiger partial charge is 0.477 e. The SMILES string of the molecule is CN(C)CCNC(=O)c1[nH]c2cc(C(CNC(=O)c3ccc4[nH]c(C(=O)O)cc4c3)N=C(N)N)ccc2c1C(N)=O. The Bertz CT molecular complexity index is 1680. The number of hydrogen-bond acceptors (Lipinski definition) is 6. The number of benzene rings is 2. The van der Waals surface area contributed by atoms with E-state index in [4.69, 9.17) is 17.2 Å². The Morgan fingerprint density at radius 1 is 0.951 bits per heavy atom. The fraction of sp³-hybridized carbons (Fsp3) is 0.222. The van der Waals surface area contributed by atoms with Gasteiger partial charge in [-0.25, -0.2) is 9.79 Å². The van der Waals surface area contributed by atoms with E-state index in [-0.39, 0.29) is 29.5 Å². The predicted molar refractivity (Wildman–Crippen MR) is 154 cm³/mol. The van der Waals surface area contributed by atoms with Gasteiger partial charge in [0.1, 0.15) is 11.4 Å². The second kappa shape index (κ2) is 11.8. The highest BCUT2D eigenvalue weighted by molar-refractivity contribution is 6.15. The Hall–Kier alpha value is -5.37. The van der Waals surface area contributed by atoms with Crippen LogP contribution in [0.15, 0.2) is 47.5 Å². The summed E-state index contributed by atoms with van der Waals surface area (Å²) in [6.07, 6.45) is 0. The zero-order valence-corrected chi connectivity index (χ0v) is 22.4. The summed E-state index contributed by atoms with van der Waals surface area (Å²) in [5.74, 6) is -2.96. The van der Waals surface area contributed by atoms with Gasteiger partial charge < -0.3 is 47.8 Å². The minimum absolute atomic E-state index is 0.00898. The lowest BCUT2D eigenvalue weighted by atomic mass is 10.0. The van der Waals surface area contributed by atoms with Crippen molar-refractivity contribution in [1.82, 2.24) is 25.5 Å². The van der Waals surface area contributed by atoms with Gasteiger partial charge in [0.2, 0.25) is 0 Å². The van der Waals surface area contributed by atoms with E-state index in [0.717, 1.165) is 0 Å². The molecular weight excluding hydrogens is 530 g/mol. The molecule has 2 aromatic carbocycles. The summed E-state index contributed by atoms with van der Waals surface area (Å²) in [4.78, 5) is 61.1. The Balaban J connectivity index is 1.58. The topological polar surface area (TPSA) is 238 Å². The lowest BCUT2D eigenvalue weighted by Gasteiger charge is -2.15. The number of nitrogens with one attached hydrogen (secondary N) is 4. The highest BCUT2D eigenvalue weighted by Gasteiger charge is 2.23. The standard InChI is InChI=1S/C27H31N9O5/c1-36(2)8-7-31-25(39)22-21(23(28)37)16-5-3-13(10-18(16)34-22)20(35-27(29)30)12-32-24(38)14-4-6-17-15(9-14)11-19(33-17)26(40)41/h3-6,9-11,20,33-34H,7-8,12H2,1-2H3,(H2,28,37)(H,31,39)(H,32,38)(H,40,41)(H4,29,30,35). The fourth-order valence-electron chi connectivity index (χ4n) is 4.43. The number of carboxylic acids is 1. The van der Waals surface area contributed by atoms with E-state index < -0.39 is 29.7 Å². The molecule has 1 atom stereocenters. The number of hydrogen-bond donors (Lipinski definition) is 8. The number of rotatable bonds is 11. The number of guanidine groups is 1. The summed E-state index contributed by atoms with van der Waals surface area (Å²) >= 11 is 0. The molecule has 14 heteroatoms. The smallest absolute Gasteiger partial charge is 0.352 e. The van der Waals surface area contributed by atoms with Crippen molar-refractivity contribution in [3.63, 3.8) is 0 Å². The van der Waals surface area contributed by atoms with Crippen LogP contribution in [0.4, 0.5) is 0 Å². The summed E-state index contributed by atoms with van der Waals surface area (Å²) in [6.45, 7) is 0.986. The van der Waals surface area contributed by atoms with Crippen molar-refractivity contribution < 1.29 is 24.3 Å². The minimum atomic E-state index is -1.11. The highest BCUT2D eigenvalue weighted by atomic mass is 16.4. The number of primary amides is 1. The average molecular weight is 562 g/mol. The van der Waals surface area contributed by atoms with Crippen molar-refractivity contribution in [2.75, 3.05) is 33.7 Å². The molecule has 2 heterocycles. The number of amides is 3. The van der Waals surface area contributed by atoms with E-state index >= 15 is 0 Å². The van der Waals surface area contributed by atoms with E-state index in [9.17, 15) is 24.3 Å². The van der Waals surface area contributed by atoms with E-state index in [1.807, 2.05) is 19.0 Å². The molecule has 0 aliphatic heterocycles. The lowest BCUT2D eigenvalue weighted by Crippen LogP contribution is -2.32. The third kappa shape index (κ3) is 6.45. The maximum atomic E-state index is 12.9. The van der Waals surface area contributed by atoms with Crippen molar-refractivity contribution in [3.8, 4) is 0 Å². The Morgan fingerprint density at radius 3 is 2.37 bits per heavy atom. The summed E-state index contributed by atoms with van der Waals surface area (Å²) in [5.41, 5.74) is 19.0. The molecule has 41 heavy (non-hydrogen) atoms. The summed E-state index contributed by atoms with van der Waals surface area (Å²) in [5, 5.41) is 15.8. The van der Waals surface area contributed by atoms with Gasteiger partial charge in [0.25, 0.3) is 17.7 Å². The van der Waals surface area contributed by atoms with Gasteiger partial charge in [0.05, 0.1) is 11.6 Å². The molecule has 0 radical (unpaired) electrons. The number of nitrogens with zero attached hydrogens (tertiary/aromatic N) is 2. The van der Waals surface area contributed by atoms with Gasteiger partial charge in [-0.05, 0) is 50.0 Å². The molecule has 0 spiro atoms. The normalized spacial score (nSPS) is 11.9. The molecule has 4 rings (SSSR count). The van der Waals surface area contributed by atoms with Gasteiger partial charge in [-0.3, -0.25) is 14.4 Å². The first kappa shape index (κ1) is 28.6. The lowest BCUT2D eigenvalue weighted by molar-refractivity contribution is 0.0690. The van der Waals surface area contributed by atoms with Crippen LogP contribution < -0.4 is 27.8 Å². The first-order chi connectivity index (χ1) is 19.4. The average Bonchev–Trinajstić information content (AvgIpc) is 3.51. The molecule has 214 valence electrons. The van der Waals surface area contributed by atoms with E-state index in [1.165, 1.54) is 6.07 Å². The maximum Gasteiger partial charge on any atom is 0.352 e. The predicted octanol–water partition coefficient (Wildman–Crippen LogP) is 0.482. The molecule has 2 aromatic heterocycles.